The topological polar surface area (TPSA) is 92.8 Å². The van der Waals surface area contributed by atoms with Crippen molar-refractivity contribution in [3.63, 3.8) is 0 Å². The molecular formula is C25H26N2O5S. The number of nitrogens with zero attached hydrogens (tertiary/aromatic N) is 1. The van der Waals surface area contributed by atoms with Crippen LogP contribution in [-0.4, -0.2) is 45.6 Å². The summed E-state index contributed by atoms with van der Waals surface area (Å²) in [5.74, 6) is -1.33. The molecule has 1 atom stereocenters. The summed E-state index contributed by atoms with van der Waals surface area (Å²) in [6.45, 7) is 0. The molecule has 0 aliphatic rings. The molecule has 3 rings (SSSR count). The van der Waals surface area contributed by atoms with Gasteiger partial charge in [-0.2, -0.15) is 0 Å². The van der Waals surface area contributed by atoms with Gasteiger partial charge in [0.25, 0.3) is 0 Å². The fraction of sp³-hybridized carbons (Fsp3) is 0.200. The number of benzene rings is 3. The van der Waals surface area contributed by atoms with E-state index in [2.05, 4.69) is 5.32 Å². The molecule has 0 radical (unpaired) electrons. The Morgan fingerprint density at radius 3 is 2.30 bits per heavy atom. The predicted octanol–water partition coefficient (Wildman–Crippen LogP) is 3.63. The van der Waals surface area contributed by atoms with Crippen molar-refractivity contribution in [2.75, 3.05) is 26.5 Å². The van der Waals surface area contributed by atoms with Crippen LogP contribution < -0.4 is 10.1 Å². The monoisotopic (exact) mass is 466 g/mol. The van der Waals surface area contributed by atoms with Crippen molar-refractivity contribution in [3.8, 4) is 5.75 Å². The fourth-order valence-electron chi connectivity index (χ4n) is 3.32. The molecule has 0 unspecified atom stereocenters. The molecule has 0 fully saturated rings. The van der Waals surface area contributed by atoms with Crippen molar-refractivity contribution in [3.05, 3.63) is 90.0 Å². The van der Waals surface area contributed by atoms with Crippen molar-refractivity contribution in [1.29, 1.82) is 0 Å². The maximum absolute atomic E-state index is 13.3. The molecule has 1 N–H and O–H groups in total. The Bertz CT molecular complexity index is 1240. The van der Waals surface area contributed by atoms with E-state index >= 15 is 0 Å². The van der Waals surface area contributed by atoms with E-state index in [1.807, 2.05) is 0 Å². The molecule has 0 aliphatic carbocycles. The lowest BCUT2D eigenvalue weighted by Crippen LogP contribution is -2.31. The minimum absolute atomic E-state index is 0.0420. The van der Waals surface area contributed by atoms with Crippen LogP contribution in [-0.2, 0) is 21.2 Å². The Balaban J connectivity index is 1.94. The minimum atomic E-state index is -3.65. The molecular weight excluding hydrogens is 440 g/mol. The Kier molecular flexibility index (Phi) is 7.63. The van der Waals surface area contributed by atoms with Gasteiger partial charge in [-0.3, -0.25) is 9.59 Å². The lowest BCUT2D eigenvalue weighted by Gasteiger charge is -2.18. The van der Waals surface area contributed by atoms with Gasteiger partial charge in [0.05, 0.1) is 12.0 Å². The fourth-order valence-corrected chi connectivity index (χ4v) is 4.29. The SMILES string of the molecule is COc1cccc(NC(=O)[C@@H](Cc2cccc(S(=O)(=O)N(C)C)c2)C(=O)c2ccccc2)c1. The minimum Gasteiger partial charge on any atom is -0.497 e. The quantitative estimate of drug-likeness (QED) is 0.384. The summed E-state index contributed by atoms with van der Waals surface area (Å²) in [4.78, 5) is 26.6. The van der Waals surface area contributed by atoms with Crippen molar-refractivity contribution in [1.82, 2.24) is 4.31 Å². The molecule has 172 valence electrons. The van der Waals surface area contributed by atoms with Gasteiger partial charge in [0.15, 0.2) is 5.78 Å². The number of nitrogens with one attached hydrogen (secondary N) is 1. The van der Waals surface area contributed by atoms with Crippen LogP contribution in [0.2, 0.25) is 0 Å². The van der Waals surface area contributed by atoms with Crippen LogP contribution in [0.1, 0.15) is 15.9 Å². The zero-order chi connectivity index (χ0) is 24.0. The Hall–Kier alpha value is -3.49. The van der Waals surface area contributed by atoms with E-state index in [0.717, 1.165) is 4.31 Å². The number of amides is 1. The van der Waals surface area contributed by atoms with E-state index in [4.69, 9.17) is 4.74 Å². The van der Waals surface area contributed by atoms with Crippen LogP contribution in [0.4, 0.5) is 5.69 Å². The Morgan fingerprint density at radius 2 is 1.64 bits per heavy atom. The van der Waals surface area contributed by atoms with Crippen LogP contribution in [0.15, 0.2) is 83.8 Å². The van der Waals surface area contributed by atoms with Gasteiger partial charge in [-0.05, 0) is 36.2 Å². The van der Waals surface area contributed by atoms with Crippen LogP contribution in [0.5, 0.6) is 5.75 Å². The summed E-state index contributed by atoms with van der Waals surface area (Å²) in [7, 11) is 0.775. The van der Waals surface area contributed by atoms with Crippen molar-refractivity contribution in [2.24, 2.45) is 5.92 Å². The first kappa shape index (κ1) is 24.2. The second-order valence-corrected chi connectivity index (χ2v) is 9.79. The zero-order valence-corrected chi connectivity index (χ0v) is 19.5. The predicted molar refractivity (Wildman–Crippen MR) is 127 cm³/mol. The van der Waals surface area contributed by atoms with Gasteiger partial charge in [0, 0.05) is 31.4 Å². The molecule has 0 aliphatic heterocycles. The highest BCUT2D eigenvalue weighted by Gasteiger charge is 2.29. The molecule has 33 heavy (non-hydrogen) atoms. The molecule has 1 amide bonds. The second-order valence-electron chi connectivity index (χ2n) is 7.64. The molecule has 0 saturated heterocycles. The third-order valence-electron chi connectivity index (χ3n) is 5.15. The van der Waals surface area contributed by atoms with Gasteiger partial charge < -0.3 is 10.1 Å². The van der Waals surface area contributed by atoms with E-state index in [1.54, 1.807) is 66.7 Å². The number of Topliss-reactive ketones (excluding diaryl/α,β-unsaturated/α-hetero) is 1. The standard InChI is InChI=1S/C25H26N2O5S/c1-27(2)33(30,31)22-14-7-9-18(15-22)16-23(24(28)19-10-5-4-6-11-19)25(29)26-20-12-8-13-21(17-20)32-3/h4-15,17,23H,16H2,1-3H3,(H,26,29)/t23-/m0/s1. The maximum Gasteiger partial charge on any atom is 0.242 e. The van der Waals surface area contributed by atoms with E-state index in [-0.39, 0.29) is 17.1 Å². The average Bonchev–Trinajstić information content (AvgIpc) is 2.82. The van der Waals surface area contributed by atoms with Gasteiger partial charge in [0.2, 0.25) is 15.9 Å². The number of methoxy groups -OCH3 is 1. The van der Waals surface area contributed by atoms with Crippen molar-refractivity contribution < 1.29 is 22.7 Å². The molecule has 8 heteroatoms. The van der Waals surface area contributed by atoms with Crippen molar-refractivity contribution >= 4 is 27.4 Å². The van der Waals surface area contributed by atoms with Gasteiger partial charge in [0.1, 0.15) is 11.7 Å². The molecule has 0 aromatic heterocycles. The van der Waals surface area contributed by atoms with Crippen LogP contribution in [0, 0.1) is 5.92 Å². The first-order valence-corrected chi connectivity index (χ1v) is 11.7. The Morgan fingerprint density at radius 1 is 0.939 bits per heavy atom. The van der Waals surface area contributed by atoms with Crippen LogP contribution in [0.3, 0.4) is 0 Å². The van der Waals surface area contributed by atoms with E-state index in [9.17, 15) is 18.0 Å². The normalized spacial score (nSPS) is 12.2. The lowest BCUT2D eigenvalue weighted by molar-refractivity contribution is -0.118. The molecule has 3 aromatic rings. The summed E-state index contributed by atoms with van der Waals surface area (Å²) in [6.07, 6.45) is 0.0420. The smallest absolute Gasteiger partial charge is 0.242 e. The van der Waals surface area contributed by atoms with Gasteiger partial charge in [-0.25, -0.2) is 12.7 Å². The number of anilines is 1. The average molecular weight is 467 g/mol. The van der Waals surface area contributed by atoms with E-state index in [1.165, 1.54) is 33.3 Å². The third kappa shape index (κ3) is 5.85. The second kappa shape index (κ2) is 10.4. The highest BCUT2D eigenvalue weighted by Crippen LogP contribution is 2.22. The third-order valence-corrected chi connectivity index (χ3v) is 6.96. The van der Waals surface area contributed by atoms with Crippen LogP contribution >= 0.6 is 0 Å². The number of rotatable bonds is 9. The highest BCUT2D eigenvalue weighted by atomic mass is 32.2. The summed E-state index contributed by atoms with van der Waals surface area (Å²) in [5.41, 5.74) is 1.46. The zero-order valence-electron chi connectivity index (χ0n) is 18.7. The highest BCUT2D eigenvalue weighted by molar-refractivity contribution is 7.89. The number of ketones is 1. The molecule has 0 heterocycles. The largest absolute Gasteiger partial charge is 0.497 e. The molecule has 0 bridgehead atoms. The maximum atomic E-state index is 13.3. The van der Waals surface area contributed by atoms with Gasteiger partial charge in [-0.15, -0.1) is 0 Å². The summed E-state index contributed by atoms with van der Waals surface area (Å²) in [6, 6.07) is 21.7. The number of sulfonamides is 1. The molecule has 0 spiro atoms. The van der Waals surface area contributed by atoms with E-state index < -0.39 is 21.8 Å². The lowest BCUT2D eigenvalue weighted by atomic mass is 9.90. The van der Waals surface area contributed by atoms with E-state index in [0.29, 0.717) is 22.6 Å². The summed E-state index contributed by atoms with van der Waals surface area (Å²) < 4.78 is 31.4. The summed E-state index contributed by atoms with van der Waals surface area (Å²) >= 11 is 0. The first-order valence-electron chi connectivity index (χ1n) is 10.3. The number of carbonyl (C=O) groups excluding carboxylic acids is 2. The number of ether oxygens (including phenoxy) is 1. The van der Waals surface area contributed by atoms with Crippen molar-refractivity contribution in [2.45, 2.75) is 11.3 Å². The molecule has 7 nitrogen and oxygen atoms in total. The van der Waals surface area contributed by atoms with Gasteiger partial charge >= 0.3 is 0 Å². The van der Waals surface area contributed by atoms with Crippen LogP contribution in [0.25, 0.3) is 0 Å². The summed E-state index contributed by atoms with van der Waals surface area (Å²) in [5, 5.41) is 2.78. The first-order chi connectivity index (χ1) is 15.7. The number of hydrogen-bond donors (Lipinski definition) is 1. The number of hydrogen-bond acceptors (Lipinski definition) is 5. The molecule has 0 saturated carbocycles. The number of carbonyl (C=O) groups is 2. The Labute approximate surface area is 194 Å². The van der Waals surface area contributed by atoms with Gasteiger partial charge in [-0.1, -0.05) is 48.5 Å². The molecule has 3 aromatic carbocycles.